The fraction of sp³-hybridized carbons (Fsp3) is 0.647. The molecule has 0 spiro atoms. The zero-order valence-corrected chi connectivity index (χ0v) is 12.5. The van der Waals surface area contributed by atoms with Gasteiger partial charge in [-0.2, -0.15) is 0 Å². The number of benzene rings is 1. The standard InChI is InChI=1S/C17H28N2/c1-3-4-5-9-13-19-14-12-18-15-17(19,2)16-10-7-6-8-11-16/h6-8,10-11,18H,3-5,9,12-15H2,1-2H3. The van der Waals surface area contributed by atoms with Crippen LogP contribution in [0.4, 0.5) is 0 Å². The van der Waals surface area contributed by atoms with Crippen LogP contribution in [0.25, 0.3) is 0 Å². The van der Waals surface area contributed by atoms with Crippen LogP contribution in [0, 0.1) is 0 Å². The zero-order valence-electron chi connectivity index (χ0n) is 12.5. The summed E-state index contributed by atoms with van der Waals surface area (Å²) in [5.41, 5.74) is 1.60. The van der Waals surface area contributed by atoms with E-state index in [-0.39, 0.29) is 5.54 Å². The summed E-state index contributed by atoms with van der Waals surface area (Å²) >= 11 is 0. The highest BCUT2D eigenvalue weighted by molar-refractivity contribution is 5.25. The highest BCUT2D eigenvalue weighted by atomic mass is 15.3. The van der Waals surface area contributed by atoms with Crippen molar-refractivity contribution in [2.24, 2.45) is 0 Å². The van der Waals surface area contributed by atoms with Gasteiger partial charge in [-0.05, 0) is 25.5 Å². The molecule has 1 heterocycles. The molecular weight excluding hydrogens is 232 g/mol. The summed E-state index contributed by atoms with van der Waals surface area (Å²) < 4.78 is 0. The molecule has 1 N–H and O–H groups in total. The largest absolute Gasteiger partial charge is 0.313 e. The van der Waals surface area contributed by atoms with Crippen molar-refractivity contribution in [3.8, 4) is 0 Å². The van der Waals surface area contributed by atoms with Crippen molar-refractivity contribution < 1.29 is 0 Å². The van der Waals surface area contributed by atoms with E-state index in [0.29, 0.717) is 0 Å². The van der Waals surface area contributed by atoms with Crippen LogP contribution in [0.1, 0.15) is 45.1 Å². The van der Waals surface area contributed by atoms with Crippen LogP contribution in [0.3, 0.4) is 0 Å². The van der Waals surface area contributed by atoms with Gasteiger partial charge in [-0.25, -0.2) is 0 Å². The summed E-state index contributed by atoms with van der Waals surface area (Å²) in [6.45, 7) is 9.23. The van der Waals surface area contributed by atoms with E-state index in [1.54, 1.807) is 0 Å². The first-order valence-electron chi connectivity index (χ1n) is 7.78. The first-order valence-corrected chi connectivity index (χ1v) is 7.78. The molecule has 1 aliphatic rings. The maximum Gasteiger partial charge on any atom is 0.0557 e. The Morgan fingerprint density at radius 2 is 1.95 bits per heavy atom. The van der Waals surface area contributed by atoms with E-state index in [2.05, 4.69) is 54.4 Å². The van der Waals surface area contributed by atoms with Crippen LogP contribution in [0.15, 0.2) is 30.3 Å². The molecule has 106 valence electrons. The molecule has 0 aromatic heterocycles. The third-order valence-electron chi connectivity index (χ3n) is 4.40. The average molecular weight is 260 g/mol. The van der Waals surface area contributed by atoms with Crippen molar-refractivity contribution in [3.05, 3.63) is 35.9 Å². The molecule has 0 amide bonds. The summed E-state index contributed by atoms with van der Waals surface area (Å²) in [6, 6.07) is 11.0. The number of piperazine rings is 1. The van der Waals surface area contributed by atoms with E-state index < -0.39 is 0 Å². The first kappa shape index (κ1) is 14.5. The summed E-state index contributed by atoms with van der Waals surface area (Å²) in [7, 11) is 0. The molecule has 1 fully saturated rings. The Balaban J connectivity index is 2.02. The average Bonchev–Trinajstić information content (AvgIpc) is 2.46. The molecule has 1 aromatic rings. The Morgan fingerprint density at radius 3 is 2.68 bits per heavy atom. The Hall–Kier alpha value is -0.860. The maximum absolute atomic E-state index is 3.56. The number of nitrogens with zero attached hydrogens (tertiary/aromatic N) is 1. The second kappa shape index (κ2) is 7.06. The van der Waals surface area contributed by atoms with Crippen LogP contribution < -0.4 is 5.32 Å². The summed E-state index contributed by atoms with van der Waals surface area (Å²) in [5.74, 6) is 0. The lowest BCUT2D eigenvalue weighted by Gasteiger charge is -2.46. The zero-order chi connectivity index (χ0) is 13.6. The van der Waals surface area contributed by atoms with E-state index in [4.69, 9.17) is 0 Å². The molecule has 2 heteroatoms. The maximum atomic E-state index is 3.56. The quantitative estimate of drug-likeness (QED) is 0.789. The van der Waals surface area contributed by atoms with Crippen LogP contribution in [0.2, 0.25) is 0 Å². The lowest BCUT2D eigenvalue weighted by Crippen LogP contribution is -2.57. The van der Waals surface area contributed by atoms with Crippen LogP contribution in [-0.4, -0.2) is 31.1 Å². The van der Waals surface area contributed by atoms with Gasteiger partial charge in [-0.1, -0.05) is 56.5 Å². The van der Waals surface area contributed by atoms with Crippen molar-refractivity contribution in [1.29, 1.82) is 0 Å². The van der Waals surface area contributed by atoms with Gasteiger partial charge >= 0.3 is 0 Å². The molecule has 1 unspecified atom stereocenters. The smallest absolute Gasteiger partial charge is 0.0557 e. The molecule has 2 rings (SSSR count). The number of hydrogen-bond donors (Lipinski definition) is 1. The number of nitrogens with one attached hydrogen (secondary N) is 1. The van der Waals surface area contributed by atoms with Gasteiger partial charge < -0.3 is 5.32 Å². The van der Waals surface area contributed by atoms with Gasteiger partial charge in [-0.15, -0.1) is 0 Å². The molecule has 0 saturated carbocycles. The van der Waals surface area contributed by atoms with Crippen molar-refractivity contribution in [3.63, 3.8) is 0 Å². The summed E-state index contributed by atoms with van der Waals surface area (Å²) in [6.07, 6.45) is 5.38. The number of rotatable bonds is 6. The highest BCUT2D eigenvalue weighted by Gasteiger charge is 2.35. The molecular formula is C17H28N2. The molecule has 0 radical (unpaired) electrons. The molecule has 1 saturated heterocycles. The Bertz CT molecular complexity index is 363. The van der Waals surface area contributed by atoms with Crippen LogP contribution >= 0.6 is 0 Å². The lowest BCUT2D eigenvalue weighted by atomic mass is 9.88. The summed E-state index contributed by atoms with van der Waals surface area (Å²) in [4.78, 5) is 2.68. The second-order valence-electron chi connectivity index (χ2n) is 5.86. The second-order valence-corrected chi connectivity index (χ2v) is 5.86. The molecule has 1 atom stereocenters. The van der Waals surface area contributed by atoms with E-state index in [1.165, 1.54) is 37.8 Å². The molecule has 19 heavy (non-hydrogen) atoms. The van der Waals surface area contributed by atoms with Crippen LogP contribution in [-0.2, 0) is 5.54 Å². The Kier molecular flexibility index (Phi) is 5.41. The predicted molar refractivity (Wildman–Crippen MR) is 82.4 cm³/mol. The monoisotopic (exact) mass is 260 g/mol. The van der Waals surface area contributed by atoms with E-state index >= 15 is 0 Å². The van der Waals surface area contributed by atoms with Gasteiger partial charge in [0.1, 0.15) is 0 Å². The topological polar surface area (TPSA) is 15.3 Å². The number of hydrogen-bond acceptors (Lipinski definition) is 2. The van der Waals surface area contributed by atoms with Crippen LogP contribution in [0.5, 0.6) is 0 Å². The van der Waals surface area contributed by atoms with Gasteiger partial charge in [0.15, 0.2) is 0 Å². The molecule has 1 aromatic carbocycles. The fourth-order valence-corrected chi connectivity index (χ4v) is 3.07. The van der Waals surface area contributed by atoms with Gasteiger partial charge in [0.05, 0.1) is 5.54 Å². The highest BCUT2D eigenvalue weighted by Crippen LogP contribution is 2.29. The lowest BCUT2D eigenvalue weighted by molar-refractivity contribution is 0.0710. The van der Waals surface area contributed by atoms with Crippen molar-refractivity contribution >= 4 is 0 Å². The van der Waals surface area contributed by atoms with Gasteiger partial charge in [0.25, 0.3) is 0 Å². The normalized spacial score (nSPS) is 24.5. The number of unbranched alkanes of at least 4 members (excludes halogenated alkanes) is 3. The van der Waals surface area contributed by atoms with E-state index in [1.807, 2.05) is 0 Å². The minimum absolute atomic E-state index is 0.158. The molecule has 2 nitrogen and oxygen atoms in total. The van der Waals surface area contributed by atoms with Gasteiger partial charge in [-0.3, -0.25) is 4.90 Å². The summed E-state index contributed by atoms with van der Waals surface area (Å²) in [5, 5.41) is 3.56. The fourth-order valence-electron chi connectivity index (χ4n) is 3.07. The minimum Gasteiger partial charge on any atom is -0.313 e. The van der Waals surface area contributed by atoms with E-state index in [9.17, 15) is 0 Å². The van der Waals surface area contributed by atoms with Gasteiger partial charge in [0.2, 0.25) is 0 Å². The third-order valence-corrected chi connectivity index (χ3v) is 4.40. The van der Waals surface area contributed by atoms with Crippen molar-refractivity contribution in [2.75, 3.05) is 26.2 Å². The molecule has 1 aliphatic heterocycles. The van der Waals surface area contributed by atoms with Crippen molar-refractivity contribution in [2.45, 2.75) is 45.1 Å². The van der Waals surface area contributed by atoms with Gasteiger partial charge in [0, 0.05) is 19.6 Å². The van der Waals surface area contributed by atoms with Crippen molar-refractivity contribution in [1.82, 2.24) is 10.2 Å². The Labute approximate surface area is 118 Å². The third kappa shape index (κ3) is 3.58. The SMILES string of the molecule is CCCCCCN1CCNCC1(C)c1ccccc1. The predicted octanol–water partition coefficient (Wildman–Crippen LogP) is 3.39. The molecule has 0 aliphatic carbocycles. The first-order chi connectivity index (χ1) is 9.27. The minimum atomic E-state index is 0.158. The van der Waals surface area contributed by atoms with E-state index in [0.717, 1.165) is 19.6 Å². The molecule has 0 bridgehead atoms. The Morgan fingerprint density at radius 1 is 1.16 bits per heavy atom.